The number of phenols is 1. The summed E-state index contributed by atoms with van der Waals surface area (Å²) in [7, 11) is 1.57. The number of likely N-dealkylation sites (tertiary alicyclic amines) is 1. The van der Waals surface area contributed by atoms with E-state index in [0.29, 0.717) is 37.3 Å². The van der Waals surface area contributed by atoms with Crippen molar-refractivity contribution in [2.45, 2.75) is 39.2 Å². The molecular formula is C26H31NO6. The molecule has 1 amide bonds. The number of carbonyl (C=O) groups is 2. The number of ketones is 1. The first-order valence-electron chi connectivity index (χ1n) is 11.1. The summed E-state index contributed by atoms with van der Waals surface area (Å²) in [6.45, 7) is 7.18. The summed E-state index contributed by atoms with van der Waals surface area (Å²) in [5.41, 5.74) is 2.00. The van der Waals surface area contributed by atoms with Crippen LogP contribution in [-0.2, 0) is 14.3 Å². The van der Waals surface area contributed by atoms with Gasteiger partial charge in [0.15, 0.2) is 0 Å². The molecular weight excluding hydrogens is 422 g/mol. The summed E-state index contributed by atoms with van der Waals surface area (Å²) < 4.78 is 10.8. The molecule has 1 unspecified atom stereocenters. The summed E-state index contributed by atoms with van der Waals surface area (Å²) in [5, 5.41) is 21.0. The fourth-order valence-corrected chi connectivity index (χ4v) is 4.08. The van der Waals surface area contributed by atoms with E-state index in [1.54, 1.807) is 37.4 Å². The number of hydrogen-bond acceptors (Lipinski definition) is 6. The minimum absolute atomic E-state index is 0.0296. The van der Waals surface area contributed by atoms with Crippen LogP contribution in [0, 0.1) is 0 Å². The number of rotatable bonds is 9. The Morgan fingerprint density at radius 3 is 2.42 bits per heavy atom. The van der Waals surface area contributed by atoms with Crippen molar-refractivity contribution in [2.75, 3.05) is 26.9 Å². The van der Waals surface area contributed by atoms with Crippen LogP contribution < -0.4 is 4.74 Å². The van der Waals surface area contributed by atoms with Gasteiger partial charge in [0.1, 0.15) is 17.3 Å². The van der Waals surface area contributed by atoms with Gasteiger partial charge >= 0.3 is 0 Å². The van der Waals surface area contributed by atoms with Crippen molar-refractivity contribution in [1.29, 1.82) is 0 Å². The first kappa shape index (κ1) is 24.3. The highest BCUT2D eigenvalue weighted by atomic mass is 16.5. The number of ether oxygens (including phenoxy) is 2. The second kappa shape index (κ2) is 10.5. The Balaban J connectivity index is 2.14. The van der Waals surface area contributed by atoms with Gasteiger partial charge in [-0.3, -0.25) is 9.59 Å². The van der Waals surface area contributed by atoms with Crippen LogP contribution >= 0.6 is 0 Å². The molecule has 2 N–H and O–H groups in total. The van der Waals surface area contributed by atoms with Gasteiger partial charge in [-0.15, -0.1) is 0 Å². The van der Waals surface area contributed by atoms with Crippen molar-refractivity contribution in [3.63, 3.8) is 0 Å². The molecule has 2 aromatic carbocycles. The zero-order valence-electron chi connectivity index (χ0n) is 19.5. The lowest BCUT2D eigenvalue weighted by Crippen LogP contribution is -2.31. The van der Waals surface area contributed by atoms with E-state index in [2.05, 4.69) is 0 Å². The van der Waals surface area contributed by atoms with Gasteiger partial charge in [-0.1, -0.05) is 26.0 Å². The van der Waals surface area contributed by atoms with Crippen LogP contribution in [0.1, 0.15) is 55.8 Å². The number of aromatic hydroxyl groups is 1. The molecule has 0 aromatic heterocycles. The number of Topliss-reactive ketones (excluding diaryl/α,β-unsaturated/α-hetero) is 1. The molecule has 1 aliphatic rings. The maximum absolute atomic E-state index is 13.1. The van der Waals surface area contributed by atoms with E-state index in [0.717, 1.165) is 11.3 Å². The van der Waals surface area contributed by atoms with Crippen LogP contribution in [0.25, 0.3) is 5.76 Å². The maximum atomic E-state index is 13.1. The molecule has 0 aliphatic carbocycles. The third kappa shape index (κ3) is 5.03. The summed E-state index contributed by atoms with van der Waals surface area (Å²) >= 11 is 0. The second-order valence-corrected chi connectivity index (χ2v) is 8.27. The van der Waals surface area contributed by atoms with Gasteiger partial charge in [0.05, 0.1) is 18.2 Å². The number of phenolic OH excluding ortho intramolecular Hbond substituents is 1. The van der Waals surface area contributed by atoms with Crippen LogP contribution in [0.4, 0.5) is 0 Å². The van der Waals surface area contributed by atoms with Gasteiger partial charge in [-0.05, 0) is 60.7 Å². The third-order valence-corrected chi connectivity index (χ3v) is 5.70. The van der Waals surface area contributed by atoms with Crippen molar-refractivity contribution >= 4 is 17.4 Å². The predicted octanol–water partition coefficient (Wildman–Crippen LogP) is 4.37. The molecule has 1 aliphatic heterocycles. The Morgan fingerprint density at radius 2 is 1.82 bits per heavy atom. The Morgan fingerprint density at radius 1 is 1.12 bits per heavy atom. The monoisotopic (exact) mass is 453 g/mol. The van der Waals surface area contributed by atoms with Gasteiger partial charge in [-0.2, -0.15) is 0 Å². The standard InChI is InChI=1S/C26H31NO6/c1-5-33-21-12-9-18(15-20(21)16(2)3)24(29)22-23(17-7-10-19(28)11-8-17)27(13-6-14-32-4)26(31)25(22)30/h7-12,15-16,23,28-29H,5-6,13-14H2,1-4H3/b24-22-. The molecule has 2 aromatic rings. The fraction of sp³-hybridized carbons (Fsp3) is 0.385. The SMILES string of the molecule is CCOc1ccc(/C(O)=C2/C(=O)C(=O)N(CCCOC)C2c2ccc(O)cc2)cc1C(C)C. The number of methoxy groups -OCH3 is 1. The molecule has 0 spiro atoms. The number of aliphatic hydroxyl groups excluding tert-OH is 1. The van der Waals surface area contributed by atoms with Gasteiger partial charge in [0, 0.05) is 25.8 Å². The molecule has 33 heavy (non-hydrogen) atoms. The minimum Gasteiger partial charge on any atom is -0.508 e. The van der Waals surface area contributed by atoms with E-state index in [-0.39, 0.29) is 23.0 Å². The first-order valence-corrected chi connectivity index (χ1v) is 11.1. The number of hydrogen-bond donors (Lipinski definition) is 2. The molecule has 1 saturated heterocycles. The largest absolute Gasteiger partial charge is 0.508 e. The van der Waals surface area contributed by atoms with Gasteiger partial charge < -0.3 is 24.6 Å². The van der Waals surface area contributed by atoms with E-state index in [9.17, 15) is 19.8 Å². The molecule has 7 nitrogen and oxygen atoms in total. The molecule has 176 valence electrons. The lowest BCUT2D eigenvalue weighted by Gasteiger charge is -2.25. The quantitative estimate of drug-likeness (QED) is 0.253. The average molecular weight is 454 g/mol. The number of benzene rings is 2. The summed E-state index contributed by atoms with van der Waals surface area (Å²) in [5.74, 6) is -0.708. The topological polar surface area (TPSA) is 96.3 Å². The number of aliphatic hydroxyl groups is 1. The molecule has 7 heteroatoms. The predicted molar refractivity (Wildman–Crippen MR) is 125 cm³/mol. The molecule has 1 atom stereocenters. The Kier molecular flexibility index (Phi) is 7.76. The molecule has 1 fully saturated rings. The van der Waals surface area contributed by atoms with Crippen molar-refractivity contribution in [3.05, 3.63) is 64.7 Å². The highest BCUT2D eigenvalue weighted by molar-refractivity contribution is 6.46. The van der Waals surface area contributed by atoms with E-state index >= 15 is 0 Å². The molecule has 0 bridgehead atoms. The van der Waals surface area contributed by atoms with Gasteiger partial charge in [0.25, 0.3) is 11.7 Å². The highest BCUT2D eigenvalue weighted by Crippen LogP contribution is 2.40. The zero-order valence-corrected chi connectivity index (χ0v) is 19.5. The molecule has 3 rings (SSSR count). The van der Waals surface area contributed by atoms with E-state index in [1.807, 2.05) is 20.8 Å². The lowest BCUT2D eigenvalue weighted by molar-refractivity contribution is -0.140. The second-order valence-electron chi connectivity index (χ2n) is 8.27. The maximum Gasteiger partial charge on any atom is 0.295 e. The summed E-state index contributed by atoms with van der Waals surface area (Å²) in [6.07, 6.45) is 0.540. The lowest BCUT2D eigenvalue weighted by atomic mass is 9.93. The van der Waals surface area contributed by atoms with E-state index in [1.165, 1.54) is 17.0 Å². The summed E-state index contributed by atoms with van der Waals surface area (Å²) in [6, 6.07) is 10.8. The minimum atomic E-state index is -0.767. The molecule has 1 heterocycles. The van der Waals surface area contributed by atoms with Crippen LogP contribution in [0.5, 0.6) is 11.5 Å². The number of nitrogens with zero attached hydrogens (tertiary/aromatic N) is 1. The van der Waals surface area contributed by atoms with Crippen LogP contribution in [0.3, 0.4) is 0 Å². The van der Waals surface area contributed by atoms with Crippen molar-refractivity contribution < 1.29 is 29.3 Å². The van der Waals surface area contributed by atoms with Crippen LogP contribution in [-0.4, -0.2) is 53.7 Å². The van der Waals surface area contributed by atoms with Gasteiger partial charge in [-0.25, -0.2) is 0 Å². The van der Waals surface area contributed by atoms with Crippen molar-refractivity contribution in [2.24, 2.45) is 0 Å². The zero-order chi connectivity index (χ0) is 24.1. The Bertz CT molecular complexity index is 1040. The van der Waals surface area contributed by atoms with Crippen LogP contribution in [0.2, 0.25) is 0 Å². The van der Waals surface area contributed by atoms with Gasteiger partial charge in [0.2, 0.25) is 0 Å². The number of carbonyl (C=O) groups excluding carboxylic acids is 2. The Labute approximate surface area is 194 Å². The first-order chi connectivity index (χ1) is 15.8. The average Bonchev–Trinajstić information content (AvgIpc) is 3.04. The summed E-state index contributed by atoms with van der Waals surface area (Å²) in [4.78, 5) is 27.5. The highest BCUT2D eigenvalue weighted by Gasteiger charge is 2.45. The smallest absolute Gasteiger partial charge is 0.295 e. The van der Waals surface area contributed by atoms with E-state index in [4.69, 9.17) is 9.47 Å². The third-order valence-electron chi connectivity index (χ3n) is 5.70. The molecule has 0 radical (unpaired) electrons. The van der Waals surface area contributed by atoms with E-state index < -0.39 is 17.7 Å². The van der Waals surface area contributed by atoms with Crippen LogP contribution in [0.15, 0.2) is 48.0 Å². The Hall–Kier alpha value is -3.32. The van der Waals surface area contributed by atoms with Crippen molar-refractivity contribution in [3.8, 4) is 11.5 Å². The molecule has 0 saturated carbocycles. The fourth-order valence-electron chi connectivity index (χ4n) is 4.08. The normalized spacial score (nSPS) is 17.7. The van der Waals surface area contributed by atoms with Crippen molar-refractivity contribution in [1.82, 2.24) is 4.90 Å². The number of amides is 1.